The number of para-hydroxylation sites is 1. The van der Waals surface area contributed by atoms with Crippen LogP contribution in [-0.4, -0.2) is 42.1 Å². The number of rotatable bonds is 3. The molecule has 1 aliphatic carbocycles. The van der Waals surface area contributed by atoms with Crippen molar-refractivity contribution in [1.29, 1.82) is 0 Å². The molecular weight excluding hydrogens is 258 g/mol. The first-order chi connectivity index (χ1) is 9.54. The minimum Gasteiger partial charge on any atom is -0.493 e. The van der Waals surface area contributed by atoms with Crippen molar-refractivity contribution in [3.05, 3.63) is 29.8 Å². The summed E-state index contributed by atoms with van der Waals surface area (Å²) in [5.74, 6) is -0.320. The average molecular weight is 275 g/mol. The number of carboxylic acid groups (broad SMARTS) is 1. The summed E-state index contributed by atoms with van der Waals surface area (Å²) >= 11 is 0. The van der Waals surface area contributed by atoms with Gasteiger partial charge in [-0.15, -0.1) is 0 Å². The van der Waals surface area contributed by atoms with Crippen LogP contribution in [0.25, 0.3) is 0 Å². The Morgan fingerprint density at radius 2 is 2.20 bits per heavy atom. The first-order valence-electron chi connectivity index (χ1n) is 6.74. The van der Waals surface area contributed by atoms with Gasteiger partial charge in [0.1, 0.15) is 12.3 Å². The number of fused-ring (bicyclic) bond motifs is 2. The minimum absolute atomic E-state index is 0.0795. The molecule has 1 heterocycles. The van der Waals surface area contributed by atoms with Crippen molar-refractivity contribution >= 4 is 11.9 Å². The maximum absolute atomic E-state index is 12.3. The third kappa shape index (κ3) is 1.94. The third-order valence-corrected chi connectivity index (χ3v) is 4.35. The Balaban J connectivity index is 1.81. The molecule has 1 aromatic carbocycles. The first kappa shape index (κ1) is 13.0. The molecule has 5 nitrogen and oxygen atoms in total. The summed E-state index contributed by atoms with van der Waals surface area (Å²) in [5.41, 5.74) is 0.951. The van der Waals surface area contributed by atoms with Crippen LogP contribution in [0.1, 0.15) is 18.4 Å². The Bertz CT molecular complexity index is 571. The van der Waals surface area contributed by atoms with Gasteiger partial charge in [0.05, 0.1) is 6.61 Å². The number of hydrogen-bond acceptors (Lipinski definition) is 3. The van der Waals surface area contributed by atoms with Gasteiger partial charge in [-0.25, -0.2) is 0 Å². The number of carboxylic acids is 1. The molecule has 2 atom stereocenters. The van der Waals surface area contributed by atoms with E-state index in [0.29, 0.717) is 6.61 Å². The van der Waals surface area contributed by atoms with Gasteiger partial charge in [-0.05, 0) is 18.9 Å². The summed E-state index contributed by atoms with van der Waals surface area (Å²) < 4.78 is 5.63. The second-order valence-corrected chi connectivity index (χ2v) is 5.60. The molecule has 1 amide bonds. The van der Waals surface area contributed by atoms with Crippen LogP contribution >= 0.6 is 0 Å². The van der Waals surface area contributed by atoms with Crippen LogP contribution < -0.4 is 4.74 Å². The monoisotopic (exact) mass is 275 g/mol. The summed E-state index contributed by atoms with van der Waals surface area (Å²) in [6, 6.07) is 7.82. The number of hydrogen-bond donors (Lipinski definition) is 1. The summed E-state index contributed by atoms with van der Waals surface area (Å²) in [6.45, 7) is 0.368. The molecule has 0 aromatic heterocycles. The molecule has 0 saturated heterocycles. The lowest BCUT2D eigenvalue weighted by Gasteiger charge is -2.27. The molecule has 1 spiro atoms. The van der Waals surface area contributed by atoms with Crippen molar-refractivity contribution in [3.8, 4) is 5.75 Å². The van der Waals surface area contributed by atoms with Crippen molar-refractivity contribution in [3.63, 3.8) is 0 Å². The Hall–Kier alpha value is -2.04. The molecule has 1 fully saturated rings. The van der Waals surface area contributed by atoms with Gasteiger partial charge in [-0.1, -0.05) is 18.2 Å². The van der Waals surface area contributed by atoms with Gasteiger partial charge in [0, 0.05) is 23.9 Å². The molecule has 1 N–H and O–H groups in total. The maximum Gasteiger partial charge on any atom is 0.323 e. The zero-order valence-electron chi connectivity index (χ0n) is 11.3. The van der Waals surface area contributed by atoms with Gasteiger partial charge in [0.25, 0.3) is 0 Å². The zero-order valence-corrected chi connectivity index (χ0v) is 11.3. The van der Waals surface area contributed by atoms with E-state index in [2.05, 4.69) is 0 Å². The van der Waals surface area contributed by atoms with Crippen molar-refractivity contribution in [2.45, 2.75) is 18.3 Å². The lowest BCUT2D eigenvalue weighted by atomic mass is 9.87. The van der Waals surface area contributed by atoms with Gasteiger partial charge < -0.3 is 14.7 Å². The molecular formula is C15H17NO4. The van der Waals surface area contributed by atoms with Crippen molar-refractivity contribution in [2.24, 2.45) is 5.92 Å². The Kier molecular flexibility index (Phi) is 2.92. The minimum atomic E-state index is -0.983. The lowest BCUT2D eigenvalue weighted by Crippen LogP contribution is -2.35. The fraction of sp³-hybridized carbons (Fsp3) is 0.467. The largest absolute Gasteiger partial charge is 0.493 e. The third-order valence-electron chi connectivity index (χ3n) is 4.35. The van der Waals surface area contributed by atoms with Crippen molar-refractivity contribution < 1.29 is 19.4 Å². The van der Waals surface area contributed by atoms with Crippen molar-refractivity contribution in [1.82, 2.24) is 4.90 Å². The van der Waals surface area contributed by atoms with Crippen molar-refractivity contribution in [2.75, 3.05) is 20.2 Å². The van der Waals surface area contributed by atoms with Gasteiger partial charge in [-0.3, -0.25) is 9.59 Å². The molecule has 0 unspecified atom stereocenters. The van der Waals surface area contributed by atoms with Crippen LogP contribution in [-0.2, 0) is 15.0 Å². The van der Waals surface area contributed by atoms with E-state index >= 15 is 0 Å². The first-order valence-corrected chi connectivity index (χ1v) is 6.74. The quantitative estimate of drug-likeness (QED) is 0.902. The highest BCUT2D eigenvalue weighted by atomic mass is 16.5. The second-order valence-electron chi connectivity index (χ2n) is 5.60. The highest BCUT2D eigenvalue weighted by Gasteiger charge is 2.61. The predicted octanol–water partition coefficient (Wildman–Crippen LogP) is 1.27. The Morgan fingerprint density at radius 3 is 2.95 bits per heavy atom. The number of amides is 1. The Labute approximate surface area is 117 Å². The van der Waals surface area contributed by atoms with Crippen LogP contribution in [0.15, 0.2) is 24.3 Å². The summed E-state index contributed by atoms with van der Waals surface area (Å²) in [5, 5.41) is 8.78. The van der Waals surface area contributed by atoms with Gasteiger partial charge >= 0.3 is 5.97 Å². The zero-order chi connectivity index (χ0) is 14.3. The van der Waals surface area contributed by atoms with Crippen LogP contribution in [0.3, 0.4) is 0 Å². The van der Waals surface area contributed by atoms with E-state index in [1.165, 1.54) is 4.90 Å². The molecule has 1 saturated carbocycles. The van der Waals surface area contributed by atoms with Gasteiger partial charge in [-0.2, -0.15) is 0 Å². The number of carbonyl (C=O) groups excluding carboxylic acids is 1. The number of likely N-dealkylation sites (N-methyl/N-ethyl adjacent to an activating group) is 1. The van der Waals surface area contributed by atoms with Crippen LogP contribution in [0, 0.1) is 5.92 Å². The molecule has 1 aliphatic heterocycles. The normalized spacial score (nSPS) is 26.6. The topological polar surface area (TPSA) is 66.8 Å². The standard InChI is InChI=1S/C15H17NO4/c1-16(9-13(17)18)14(19)11-8-15(11)6-7-20-12-5-3-2-4-10(12)15/h2-5,11H,6-9H2,1H3,(H,17,18)/t11-,15-/m0/s1. The molecule has 1 aromatic rings. The average Bonchev–Trinajstić information content (AvgIpc) is 3.13. The number of carbonyl (C=O) groups is 2. The van der Waals surface area contributed by atoms with E-state index < -0.39 is 5.97 Å². The lowest BCUT2D eigenvalue weighted by molar-refractivity contribution is -0.144. The van der Waals surface area contributed by atoms with E-state index in [1.54, 1.807) is 7.05 Å². The van der Waals surface area contributed by atoms with E-state index in [-0.39, 0.29) is 23.8 Å². The number of nitrogens with zero attached hydrogens (tertiary/aromatic N) is 1. The van der Waals surface area contributed by atoms with Crippen LogP contribution in [0.2, 0.25) is 0 Å². The van der Waals surface area contributed by atoms with E-state index in [0.717, 1.165) is 24.2 Å². The summed E-state index contributed by atoms with van der Waals surface area (Å²) in [7, 11) is 1.55. The second kappa shape index (κ2) is 4.51. The summed E-state index contributed by atoms with van der Waals surface area (Å²) in [6.07, 6.45) is 1.61. The Morgan fingerprint density at radius 1 is 1.45 bits per heavy atom. The molecule has 5 heteroatoms. The van der Waals surface area contributed by atoms with E-state index in [1.807, 2.05) is 24.3 Å². The van der Waals surface area contributed by atoms with E-state index in [9.17, 15) is 9.59 Å². The molecule has 3 rings (SSSR count). The highest BCUT2D eigenvalue weighted by Crippen LogP contribution is 2.61. The SMILES string of the molecule is CN(CC(=O)O)C(=O)[C@@H]1C[C@]12CCOc1ccccc12. The number of aliphatic carboxylic acids is 1. The molecule has 0 bridgehead atoms. The van der Waals surface area contributed by atoms with Gasteiger partial charge in [0.2, 0.25) is 5.91 Å². The molecule has 0 radical (unpaired) electrons. The van der Waals surface area contributed by atoms with Crippen LogP contribution in [0.5, 0.6) is 5.75 Å². The fourth-order valence-electron chi connectivity index (χ4n) is 3.23. The molecule has 106 valence electrons. The predicted molar refractivity (Wildman–Crippen MR) is 71.6 cm³/mol. The van der Waals surface area contributed by atoms with Gasteiger partial charge in [0.15, 0.2) is 0 Å². The smallest absolute Gasteiger partial charge is 0.323 e. The summed E-state index contributed by atoms with van der Waals surface area (Å²) in [4.78, 5) is 24.4. The van der Waals surface area contributed by atoms with E-state index in [4.69, 9.17) is 9.84 Å². The van der Waals surface area contributed by atoms with Crippen LogP contribution in [0.4, 0.5) is 0 Å². The maximum atomic E-state index is 12.3. The fourth-order valence-corrected chi connectivity index (χ4v) is 3.23. The number of benzene rings is 1. The highest BCUT2D eigenvalue weighted by molar-refractivity contribution is 5.87. The molecule has 20 heavy (non-hydrogen) atoms. The molecule has 2 aliphatic rings. The number of ether oxygens (including phenoxy) is 1.